The first-order valence-corrected chi connectivity index (χ1v) is 5.21. The Morgan fingerprint density at radius 2 is 2.00 bits per heavy atom. The van der Waals surface area contributed by atoms with Crippen molar-refractivity contribution >= 4 is 16.9 Å². The number of H-pyrrole nitrogens is 1. The van der Waals surface area contributed by atoms with Crippen LogP contribution in [0.25, 0.3) is 11.0 Å². The fraction of sp³-hybridized carbons (Fsp3) is 0. The maximum atomic E-state index is 10.4. The summed E-state index contributed by atoms with van der Waals surface area (Å²) in [6.45, 7) is 0. The molecule has 0 aliphatic rings. The molecule has 3 rings (SSSR count). The number of nitrogens with two attached hydrogens (primary N) is 1. The van der Waals surface area contributed by atoms with E-state index in [1.807, 2.05) is 12.1 Å². The zero-order chi connectivity index (χ0) is 12.8. The van der Waals surface area contributed by atoms with Gasteiger partial charge in [0.15, 0.2) is 0 Å². The van der Waals surface area contributed by atoms with E-state index in [-0.39, 0.29) is 0 Å². The molecule has 18 heavy (non-hydrogen) atoms. The lowest BCUT2D eigenvalue weighted by Crippen LogP contribution is -2.10. The second-order valence-electron chi connectivity index (χ2n) is 3.41. The second-order valence-corrected chi connectivity index (χ2v) is 3.41. The normalized spacial score (nSPS) is 9.56. The Morgan fingerprint density at radius 3 is 2.61 bits per heavy atom. The second kappa shape index (κ2) is 5.53. The summed E-state index contributed by atoms with van der Waals surface area (Å²) in [6.07, 6.45) is 6.47. The highest BCUT2D eigenvalue weighted by atomic mass is 16.1. The van der Waals surface area contributed by atoms with Gasteiger partial charge in [0, 0.05) is 18.6 Å². The molecule has 3 aromatic heterocycles. The molecule has 0 aliphatic heterocycles. The van der Waals surface area contributed by atoms with E-state index in [0.29, 0.717) is 5.56 Å². The lowest BCUT2D eigenvalue weighted by molar-refractivity contribution is 0.1000. The number of primary amides is 1. The summed E-state index contributed by atoms with van der Waals surface area (Å²) in [5, 5.41) is 6.62. The molecule has 0 spiro atoms. The Bertz CT molecular complexity index is 605. The van der Waals surface area contributed by atoms with Crippen LogP contribution in [-0.2, 0) is 0 Å². The highest BCUT2D eigenvalue weighted by Crippen LogP contribution is 2.02. The van der Waals surface area contributed by atoms with Gasteiger partial charge in [-0.05, 0) is 24.3 Å². The molecule has 0 atom stereocenters. The summed E-state index contributed by atoms with van der Waals surface area (Å²) in [5.74, 6) is -0.442. The standard InChI is InChI=1S/C6H5N3.C6H6N2O/c1-2-5-6(7-3-1)4-8-9-5;7-6(9)5-2-1-3-8-4-5/h1-4H,(H,8,9);1-4H,(H2,7,9). The molecule has 1 amide bonds. The summed E-state index contributed by atoms with van der Waals surface area (Å²) >= 11 is 0. The quantitative estimate of drug-likeness (QED) is 0.667. The summed E-state index contributed by atoms with van der Waals surface area (Å²) in [4.78, 5) is 18.1. The van der Waals surface area contributed by atoms with Crippen LogP contribution in [0.4, 0.5) is 0 Å². The van der Waals surface area contributed by atoms with Crippen LogP contribution in [0, 0.1) is 0 Å². The minimum Gasteiger partial charge on any atom is -0.366 e. The Hall–Kier alpha value is -2.76. The first kappa shape index (κ1) is 11.7. The SMILES string of the molecule is NC(=O)c1cccnc1.c1cnc2cn[nH]c2c1. The van der Waals surface area contributed by atoms with Gasteiger partial charge in [0.2, 0.25) is 5.91 Å². The molecule has 0 radical (unpaired) electrons. The molecule has 0 aliphatic carbocycles. The molecule has 0 unspecified atom stereocenters. The molecule has 0 aromatic carbocycles. The predicted octanol–water partition coefficient (Wildman–Crippen LogP) is 1.14. The third-order valence-corrected chi connectivity index (χ3v) is 2.16. The summed E-state index contributed by atoms with van der Waals surface area (Å²) in [6, 6.07) is 7.10. The minimum absolute atomic E-state index is 0.442. The van der Waals surface area contributed by atoms with Gasteiger partial charge in [-0.15, -0.1) is 0 Å². The Balaban J connectivity index is 0.000000134. The van der Waals surface area contributed by atoms with Gasteiger partial charge >= 0.3 is 0 Å². The Kier molecular flexibility index (Phi) is 3.60. The van der Waals surface area contributed by atoms with Gasteiger partial charge in [-0.25, -0.2) is 0 Å². The highest BCUT2D eigenvalue weighted by molar-refractivity contribution is 5.92. The number of hydrogen-bond acceptors (Lipinski definition) is 4. The smallest absolute Gasteiger partial charge is 0.250 e. The lowest BCUT2D eigenvalue weighted by atomic mass is 10.3. The van der Waals surface area contributed by atoms with Crippen LogP contribution in [0.3, 0.4) is 0 Å². The largest absolute Gasteiger partial charge is 0.366 e. The van der Waals surface area contributed by atoms with E-state index >= 15 is 0 Å². The molecule has 6 heteroatoms. The number of fused-ring (bicyclic) bond motifs is 1. The number of carbonyl (C=O) groups is 1. The predicted molar refractivity (Wildman–Crippen MR) is 66.6 cm³/mol. The van der Waals surface area contributed by atoms with Crippen molar-refractivity contribution in [3.8, 4) is 0 Å². The number of hydrogen-bond donors (Lipinski definition) is 2. The Labute approximate surface area is 103 Å². The van der Waals surface area contributed by atoms with Crippen molar-refractivity contribution in [1.29, 1.82) is 0 Å². The number of carbonyl (C=O) groups excluding carboxylic acids is 1. The number of nitrogens with one attached hydrogen (secondary N) is 1. The lowest BCUT2D eigenvalue weighted by Gasteiger charge is -1.88. The van der Waals surface area contributed by atoms with Gasteiger partial charge in [0.25, 0.3) is 0 Å². The molecule has 3 heterocycles. The molecule has 3 N–H and O–H groups in total. The molecule has 0 fully saturated rings. The van der Waals surface area contributed by atoms with Crippen molar-refractivity contribution in [2.45, 2.75) is 0 Å². The van der Waals surface area contributed by atoms with E-state index in [2.05, 4.69) is 20.2 Å². The molecular weight excluding hydrogens is 230 g/mol. The average Bonchev–Trinajstić information content (AvgIpc) is 2.89. The fourth-order valence-electron chi connectivity index (χ4n) is 1.29. The van der Waals surface area contributed by atoms with Crippen LogP contribution in [-0.4, -0.2) is 26.1 Å². The zero-order valence-corrected chi connectivity index (χ0v) is 9.45. The van der Waals surface area contributed by atoms with Gasteiger partial charge in [0.1, 0.15) is 5.52 Å². The fourth-order valence-corrected chi connectivity index (χ4v) is 1.29. The van der Waals surface area contributed by atoms with Crippen molar-refractivity contribution in [1.82, 2.24) is 20.2 Å². The van der Waals surface area contributed by atoms with Crippen LogP contribution < -0.4 is 5.73 Å². The molecule has 0 saturated carbocycles. The number of rotatable bonds is 1. The van der Waals surface area contributed by atoms with Crippen LogP contribution in [0.1, 0.15) is 10.4 Å². The molecule has 6 nitrogen and oxygen atoms in total. The van der Waals surface area contributed by atoms with Crippen LogP contribution >= 0.6 is 0 Å². The van der Waals surface area contributed by atoms with Crippen LogP contribution in [0.2, 0.25) is 0 Å². The number of nitrogens with zero attached hydrogens (tertiary/aromatic N) is 3. The van der Waals surface area contributed by atoms with Crippen molar-refractivity contribution in [3.63, 3.8) is 0 Å². The number of aromatic nitrogens is 4. The van der Waals surface area contributed by atoms with Gasteiger partial charge in [0.05, 0.1) is 17.3 Å². The van der Waals surface area contributed by atoms with Crippen LogP contribution in [0.15, 0.2) is 49.1 Å². The van der Waals surface area contributed by atoms with E-state index in [9.17, 15) is 4.79 Å². The molecule has 90 valence electrons. The van der Waals surface area contributed by atoms with Gasteiger partial charge in [-0.3, -0.25) is 19.9 Å². The summed E-state index contributed by atoms with van der Waals surface area (Å²) < 4.78 is 0. The van der Waals surface area contributed by atoms with Gasteiger partial charge in [-0.1, -0.05) is 0 Å². The third-order valence-electron chi connectivity index (χ3n) is 2.16. The third kappa shape index (κ3) is 2.88. The minimum atomic E-state index is -0.442. The number of pyridine rings is 2. The molecular formula is C12H11N5O. The van der Waals surface area contributed by atoms with Crippen molar-refractivity contribution in [3.05, 3.63) is 54.6 Å². The maximum absolute atomic E-state index is 10.4. The molecule has 0 saturated heterocycles. The first-order valence-electron chi connectivity index (χ1n) is 5.21. The van der Waals surface area contributed by atoms with Crippen molar-refractivity contribution in [2.75, 3.05) is 0 Å². The topological polar surface area (TPSA) is 97.6 Å². The van der Waals surface area contributed by atoms with E-state index in [4.69, 9.17) is 5.73 Å². The van der Waals surface area contributed by atoms with E-state index in [1.54, 1.807) is 30.7 Å². The van der Waals surface area contributed by atoms with E-state index < -0.39 is 5.91 Å². The number of amides is 1. The zero-order valence-electron chi connectivity index (χ0n) is 9.45. The first-order chi connectivity index (χ1) is 8.77. The van der Waals surface area contributed by atoms with Crippen LogP contribution in [0.5, 0.6) is 0 Å². The molecule has 3 aromatic rings. The van der Waals surface area contributed by atoms with Gasteiger partial charge < -0.3 is 5.73 Å². The van der Waals surface area contributed by atoms with E-state index in [0.717, 1.165) is 11.0 Å². The van der Waals surface area contributed by atoms with Crippen molar-refractivity contribution < 1.29 is 4.79 Å². The van der Waals surface area contributed by atoms with E-state index in [1.165, 1.54) is 6.20 Å². The maximum Gasteiger partial charge on any atom is 0.250 e. The Morgan fingerprint density at radius 1 is 1.17 bits per heavy atom. The average molecular weight is 241 g/mol. The molecule has 0 bridgehead atoms. The van der Waals surface area contributed by atoms with Gasteiger partial charge in [-0.2, -0.15) is 5.10 Å². The highest BCUT2D eigenvalue weighted by Gasteiger charge is 1.94. The monoisotopic (exact) mass is 241 g/mol. The summed E-state index contributed by atoms with van der Waals surface area (Å²) in [7, 11) is 0. The number of aromatic amines is 1. The summed E-state index contributed by atoms with van der Waals surface area (Å²) in [5.41, 5.74) is 7.28. The van der Waals surface area contributed by atoms with Crippen molar-refractivity contribution in [2.24, 2.45) is 5.73 Å².